The van der Waals surface area contributed by atoms with Crippen LogP contribution >= 0.6 is 11.3 Å². The van der Waals surface area contributed by atoms with Gasteiger partial charge < -0.3 is 4.98 Å². The van der Waals surface area contributed by atoms with Crippen molar-refractivity contribution in [3.8, 4) is 11.3 Å². The van der Waals surface area contributed by atoms with Gasteiger partial charge in [0, 0.05) is 35.3 Å². The molecule has 0 saturated carbocycles. The van der Waals surface area contributed by atoms with Crippen LogP contribution in [0.25, 0.3) is 11.3 Å². The largest absolute Gasteiger partial charge is 0.343 e. The maximum Gasteiger partial charge on any atom is 0.273 e. The molecule has 3 aromatic rings. The summed E-state index contributed by atoms with van der Waals surface area (Å²) in [6, 6.07) is 9.25. The molecule has 5 heteroatoms. The molecule has 1 N–H and O–H groups in total. The fraction of sp³-hybridized carbons (Fsp3) is 0.0714. The lowest BCUT2D eigenvalue weighted by atomic mass is 10.2. The van der Waals surface area contributed by atoms with Gasteiger partial charge in [0.15, 0.2) is 0 Å². The SMILES string of the molecule is O=c1cc(-c2ccncc2)[nH]c(Cc2cccs2)n1. The highest BCUT2D eigenvalue weighted by Gasteiger charge is 2.04. The van der Waals surface area contributed by atoms with Crippen LogP contribution in [-0.2, 0) is 6.42 Å². The molecule has 0 aliphatic carbocycles. The number of aromatic amines is 1. The number of hydrogen-bond acceptors (Lipinski definition) is 4. The Balaban J connectivity index is 1.99. The van der Waals surface area contributed by atoms with Crippen LogP contribution in [0.15, 0.2) is 52.9 Å². The molecule has 3 aromatic heterocycles. The number of hydrogen-bond donors (Lipinski definition) is 1. The van der Waals surface area contributed by atoms with Crippen molar-refractivity contribution in [1.29, 1.82) is 0 Å². The number of H-pyrrole nitrogens is 1. The van der Waals surface area contributed by atoms with Gasteiger partial charge in [-0.3, -0.25) is 9.78 Å². The van der Waals surface area contributed by atoms with E-state index in [0.29, 0.717) is 12.2 Å². The van der Waals surface area contributed by atoms with Crippen molar-refractivity contribution in [2.24, 2.45) is 0 Å². The van der Waals surface area contributed by atoms with Gasteiger partial charge in [0.1, 0.15) is 5.82 Å². The molecule has 0 spiro atoms. The van der Waals surface area contributed by atoms with E-state index in [1.165, 1.54) is 10.9 Å². The van der Waals surface area contributed by atoms with Crippen LogP contribution in [0.5, 0.6) is 0 Å². The molecule has 3 rings (SSSR count). The maximum absolute atomic E-state index is 11.7. The summed E-state index contributed by atoms with van der Waals surface area (Å²) in [5.41, 5.74) is 1.48. The molecule has 0 amide bonds. The molecular weight excluding hydrogens is 258 g/mol. The van der Waals surface area contributed by atoms with Gasteiger partial charge in [-0.05, 0) is 23.6 Å². The number of nitrogens with one attached hydrogen (secondary N) is 1. The van der Waals surface area contributed by atoms with Gasteiger partial charge in [-0.1, -0.05) is 6.07 Å². The first-order valence-electron chi connectivity index (χ1n) is 5.84. The lowest BCUT2D eigenvalue weighted by Gasteiger charge is -2.04. The standard InChI is InChI=1S/C14H11N3OS/c18-14-9-12(10-3-5-15-6-4-10)16-13(17-14)8-11-2-1-7-19-11/h1-7,9H,8H2,(H,16,17,18). The monoisotopic (exact) mass is 269 g/mol. The molecule has 0 atom stereocenters. The predicted molar refractivity (Wildman–Crippen MR) is 75.2 cm³/mol. The van der Waals surface area contributed by atoms with E-state index in [1.807, 2.05) is 29.6 Å². The zero-order chi connectivity index (χ0) is 13.1. The molecule has 0 unspecified atom stereocenters. The van der Waals surface area contributed by atoms with Gasteiger partial charge in [-0.2, -0.15) is 4.98 Å². The summed E-state index contributed by atoms with van der Waals surface area (Å²) in [5.74, 6) is 0.682. The Kier molecular flexibility index (Phi) is 3.20. The fourth-order valence-electron chi connectivity index (χ4n) is 1.86. The lowest BCUT2D eigenvalue weighted by molar-refractivity contribution is 0.960. The van der Waals surface area contributed by atoms with Crippen molar-refractivity contribution in [3.05, 3.63) is 69.2 Å². The normalized spacial score (nSPS) is 10.5. The third kappa shape index (κ3) is 2.77. The summed E-state index contributed by atoms with van der Waals surface area (Å²) < 4.78 is 0. The van der Waals surface area contributed by atoms with Crippen LogP contribution in [-0.4, -0.2) is 15.0 Å². The van der Waals surface area contributed by atoms with Gasteiger partial charge in [-0.15, -0.1) is 11.3 Å². The summed E-state index contributed by atoms with van der Waals surface area (Å²) >= 11 is 1.65. The number of rotatable bonds is 3. The highest BCUT2D eigenvalue weighted by molar-refractivity contribution is 7.09. The third-order valence-electron chi connectivity index (χ3n) is 2.71. The molecule has 0 aliphatic heterocycles. The minimum Gasteiger partial charge on any atom is -0.343 e. The van der Waals surface area contributed by atoms with Crippen molar-refractivity contribution in [2.75, 3.05) is 0 Å². The summed E-state index contributed by atoms with van der Waals surface area (Å²) in [7, 11) is 0. The Morgan fingerprint density at radius 1 is 1.21 bits per heavy atom. The van der Waals surface area contributed by atoms with Crippen molar-refractivity contribution >= 4 is 11.3 Å². The molecule has 4 nitrogen and oxygen atoms in total. The average Bonchev–Trinajstić information content (AvgIpc) is 2.92. The summed E-state index contributed by atoms with van der Waals surface area (Å²) in [5, 5.41) is 2.01. The van der Waals surface area contributed by atoms with Gasteiger partial charge >= 0.3 is 0 Å². The third-order valence-corrected chi connectivity index (χ3v) is 3.58. The summed E-state index contributed by atoms with van der Waals surface area (Å²) in [6.07, 6.45) is 4.05. The Labute approximate surface area is 113 Å². The van der Waals surface area contributed by atoms with E-state index in [2.05, 4.69) is 15.0 Å². The molecule has 0 aromatic carbocycles. The second kappa shape index (κ2) is 5.16. The molecule has 94 valence electrons. The quantitative estimate of drug-likeness (QED) is 0.794. The number of nitrogens with zero attached hydrogens (tertiary/aromatic N) is 2. The summed E-state index contributed by atoms with van der Waals surface area (Å²) in [6.45, 7) is 0. The Morgan fingerprint density at radius 2 is 2.05 bits per heavy atom. The van der Waals surface area contributed by atoms with Crippen LogP contribution in [0.1, 0.15) is 10.7 Å². The highest BCUT2D eigenvalue weighted by atomic mass is 32.1. The van der Waals surface area contributed by atoms with E-state index in [4.69, 9.17) is 0 Å². The average molecular weight is 269 g/mol. The highest BCUT2D eigenvalue weighted by Crippen LogP contribution is 2.16. The molecule has 19 heavy (non-hydrogen) atoms. The van der Waals surface area contributed by atoms with E-state index in [9.17, 15) is 4.79 Å². The molecule has 0 radical (unpaired) electrons. The minimum absolute atomic E-state index is 0.225. The lowest BCUT2D eigenvalue weighted by Crippen LogP contribution is -2.11. The van der Waals surface area contributed by atoms with Gasteiger partial charge in [0.2, 0.25) is 0 Å². The number of thiophene rings is 1. The van der Waals surface area contributed by atoms with Crippen LogP contribution in [0.3, 0.4) is 0 Å². The topological polar surface area (TPSA) is 58.6 Å². The zero-order valence-corrected chi connectivity index (χ0v) is 10.9. The second-order valence-corrected chi connectivity index (χ2v) is 5.10. The first-order chi connectivity index (χ1) is 9.31. The van der Waals surface area contributed by atoms with E-state index in [-0.39, 0.29) is 5.56 Å². The first-order valence-corrected chi connectivity index (χ1v) is 6.72. The fourth-order valence-corrected chi connectivity index (χ4v) is 2.57. The molecule has 0 aliphatic rings. The molecule has 3 heterocycles. The zero-order valence-electron chi connectivity index (χ0n) is 10.0. The van der Waals surface area contributed by atoms with Gasteiger partial charge in [-0.25, -0.2) is 0 Å². The number of pyridine rings is 1. The molecule has 0 fully saturated rings. The molecule has 0 bridgehead atoms. The number of aromatic nitrogens is 3. The van der Waals surface area contributed by atoms with Gasteiger partial charge in [0.25, 0.3) is 5.56 Å². The van der Waals surface area contributed by atoms with E-state index in [1.54, 1.807) is 23.7 Å². The van der Waals surface area contributed by atoms with E-state index in [0.717, 1.165) is 11.3 Å². The van der Waals surface area contributed by atoms with Crippen molar-refractivity contribution < 1.29 is 0 Å². The first kappa shape index (κ1) is 11.8. The van der Waals surface area contributed by atoms with E-state index < -0.39 is 0 Å². The van der Waals surface area contributed by atoms with Crippen LogP contribution in [0.2, 0.25) is 0 Å². The van der Waals surface area contributed by atoms with Crippen molar-refractivity contribution in [1.82, 2.24) is 15.0 Å². The van der Waals surface area contributed by atoms with Crippen molar-refractivity contribution in [3.63, 3.8) is 0 Å². The molecular formula is C14H11N3OS. The maximum atomic E-state index is 11.7. The van der Waals surface area contributed by atoms with Crippen LogP contribution < -0.4 is 5.56 Å². The predicted octanol–water partition coefficient (Wildman–Crippen LogP) is 2.48. The van der Waals surface area contributed by atoms with E-state index >= 15 is 0 Å². The Bertz CT molecular complexity index is 720. The van der Waals surface area contributed by atoms with Crippen molar-refractivity contribution in [2.45, 2.75) is 6.42 Å². The smallest absolute Gasteiger partial charge is 0.273 e. The molecule has 0 saturated heterocycles. The Hall–Kier alpha value is -2.27. The Morgan fingerprint density at radius 3 is 2.79 bits per heavy atom. The van der Waals surface area contributed by atoms with Crippen LogP contribution in [0, 0.1) is 0 Å². The van der Waals surface area contributed by atoms with Crippen LogP contribution in [0.4, 0.5) is 0 Å². The summed E-state index contributed by atoms with van der Waals surface area (Å²) in [4.78, 5) is 24.0. The minimum atomic E-state index is -0.225. The van der Waals surface area contributed by atoms with Gasteiger partial charge in [0.05, 0.1) is 5.69 Å². The second-order valence-electron chi connectivity index (χ2n) is 4.07.